The van der Waals surface area contributed by atoms with Crippen molar-refractivity contribution in [2.75, 3.05) is 18.8 Å². The van der Waals surface area contributed by atoms with Gasteiger partial charge in [0.25, 0.3) is 5.91 Å². The summed E-state index contributed by atoms with van der Waals surface area (Å²) in [6.07, 6.45) is 1.81. The summed E-state index contributed by atoms with van der Waals surface area (Å²) in [6, 6.07) is -0.119. The highest BCUT2D eigenvalue weighted by Gasteiger charge is 2.28. The van der Waals surface area contributed by atoms with Crippen molar-refractivity contribution in [1.29, 1.82) is 0 Å². The van der Waals surface area contributed by atoms with Gasteiger partial charge in [-0.05, 0) is 19.8 Å². The van der Waals surface area contributed by atoms with Gasteiger partial charge < -0.3 is 4.90 Å². The molecule has 1 fully saturated rings. The zero-order chi connectivity index (χ0) is 15.5. The summed E-state index contributed by atoms with van der Waals surface area (Å²) in [7, 11) is -3.21. The highest BCUT2D eigenvalue weighted by atomic mass is 32.2. The molecule has 0 atom stereocenters. The standard InChI is InChI=1S/C12H20N4O4S/c1-2-21(19,20)15-9-5-7-16(8-6-9)12(18)10-3-4-11(17)14-13-10/h9,15H,2-8H2,1H3,(H,14,17). The van der Waals surface area contributed by atoms with Crippen LogP contribution < -0.4 is 10.1 Å². The quantitative estimate of drug-likeness (QED) is 0.706. The Labute approximate surface area is 124 Å². The first-order chi connectivity index (χ1) is 9.91. The van der Waals surface area contributed by atoms with Crippen LogP contribution in [0.15, 0.2) is 5.10 Å². The van der Waals surface area contributed by atoms with Gasteiger partial charge >= 0.3 is 0 Å². The van der Waals surface area contributed by atoms with Gasteiger partial charge in [-0.2, -0.15) is 5.10 Å². The largest absolute Gasteiger partial charge is 0.337 e. The first-order valence-electron chi connectivity index (χ1n) is 7.06. The van der Waals surface area contributed by atoms with Gasteiger partial charge in [-0.1, -0.05) is 0 Å². The van der Waals surface area contributed by atoms with Crippen LogP contribution in [-0.2, 0) is 19.6 Å². The Hall–Kier alpha value is -1.48. The molecule has 0 unspecified atom stereocenters. The van der Waals surface area contributed by atoms with Crippen molar-refractivity contribution in [3.8, 4) is 0 Å². The molecule has 0 aromatic rings. The fourth-order valence-corrected chi connectivity index (χ4v) is 3.26. The Bertz CT molecular complexity index is 550. The number of nitrogens with zero attached hydrogens (tertiary/aromatic N) is 2. The second-order valence-corrected chi connectivity index (χ2v) is 7.22. The van der Waals surface area contributed by atoms with Gasteiger partial charge in [-0.25, -0.2) is 18.6 Å². The van der Waals surface area contributed by atoms with Crippen LogP contribution in [0.4, 0.5) is 0 Å². The monoisotopic (exact) mass is 316 g/mol. The van der Waals surface area contributed by atoms with E-state index in [0.29, 0.717) is 38.1 Å². The van der Waals surface area contributed by atoms with Crippen LogP contribution in [0.1, 0.15) is 32.6 Å². The van der Waals surface area contributed by atoms with E-state index in [4.69, 9.17) is 0 Å². The lowest BCUT2D eigenvalue weighted by molar-refractivity contribution is -0.125. The van der Waals surface area contributed by atoms with Gasteiger partial charge in [-0.15, -0.1) is 0 Å². The summed E-state index contributed by atoms with van der Waals surface area (Å²) < 4.78 is 25.7. The van der Waals surface area contributed by atoms with E-state index < -0.39 is 10.0 Å². The third-order valence-electron chi connectivity index (χ3n) is 3.66. The number of hydrogen-bond donors (Lipinski definition) is 2. The third-order valence-corrected chi connectivity index (χ3v) is 5.11. The minimum atomic E-state index is -3.21. The van der Waals surface area contributed by atoms with Crippen molar-refractivity contribution in [1.82, 2.24) is 15.0 Å². The van der Waals surface area contributed by atoms with Crippen LogP contribution in [0.5, 0.6) is 0 Å². The molecule has 1 saturated heterocycles. The summed E-state index contributed by atoms with van der Waals surface area (Å²) in [5.41, 5.74) is 2.67. The van der Waals surface area contributed by atoms with Crippen LogP contribution in [0, 0.1) is 0 Å². The zero-order valence-corrected chi connectivity index (χ0v) is 12.8. The van der Waals surface area contributed by atoms with Crippen LogP contribution in [0.25, 0.3) is 0 Å². The molecule has 2 heterocycles. The predicted molar refractivity (Wildman–Crippen MR) is 77.0 cm³/mol. The minimum absolute atomic E-state index is 0.0582. The third kappa shape index (κ3) is 4.24. The van der Waals surface area contributed by atoms with E-state index in [1.807, 2.05) is 0 Å². The maximum Gasteiger partial charge on any atom is 0.270 e. The van der Waals surface area contributed by atoms with Gasteiger partial charge in [0.05, 0.1) is 5.75 Å². The average molecular weight is 316 g/mol. The highest BCUT2D eigenvalue weighted by molar-refractivity contribution is 7.89. The van der Waals surface area contributed by atoms with E-state index in [0.717, 1.165) is 0 Å². The van der Waals surface area contributed by atoms with Crippen LogP contribution in [-0.4, -0.2) is 55.7 Å². The van der Waals surface area contributed by atoms with E-state index in [2.05, 4.69) is 15.2 Å². The van der Waals surface area contributed by atoms with E-state index >= 15 is 0 Å². The second-order valence-electron chi connectivity index (χ2n) is 5.18. The lowest BCUT2D eigenvalue weighted by atomic mass is 10.0. The molecule has 21 heavy (non-hydrogen) atoms. The second kappa shape index (κ2) is 6.52. The van der Waals surface area contributed by atoms with Gasteiger partial charge in [-0.3, -0.25) is 9.59 Å². The molecule has 0 saturated carbocycles. The average Bonchev–Trinajstić information content (AvgIpc) is 2.48. The van der Waals surface area contributed by atoms with Crippen molar-refractivity contribution in [2.24, 2.45) is 5.10 Å². The van der Waals surface area contributed by atoms with Gasteiger partial charge in [0.2, 0.25) is 15.9 Å². The van der Waals surface area contributed by atoms with Crippen molar-refractivity contribution in [3.05, 3.63) is 0 Å². The number of hydrazone groups is 1. The molecule has 2 N–H and O–H groups in total. The molecule has 0 spiro atoms. The Morgan fingerprint density at radius 3 is 2.57 bits per heavy atom. The molecule has 2 aliphatic heterocycles. The van der Waals surface area contributed by atoms with Crippen molar-refractivity contribution < 1.29 is 18.0 Å². The fraction of sp³-hybridized carbons (Fsp3) is 0.750. The Kier molecular flexibility index (Phi) is 4.94. The lowest BCUT2D eigenvalue weighted by Crippen LogP contribution is -2.49. The molecule has 0 aliphatic carbocycles. The van der Waals surface area contributed by atoms with Crippen molar-refractivity contribution in [2.45, 2.75) is 38.6 Å². The topological polar surface area (TPSA) is 108 Å². The maximum absolute atomic E-state index is 12.2. The van der Waals surface area contributed by atoms with E-state index in [1.54, 1.807) is 11.8 Å². The minimum Gasteiger partial charge on any atom is -0.337 e. The molecule has 0 radical (unpaired) electrons. The summed E-state index contributed by atoms with van der Waals surface area (Å²) in [6.45, 7) is 2.57. The number of carbonyl (C=O) groups excluding carboxylic acids is 2. The molecule has 118 valence electrons. The highest BCUT2D eigenvalue weighted by Crippen LogP contribution is 2.13. The molecule has 2 aliphatic rings. The first-order valence-corrected chi connectivity index (χ1v) is 8.71. The first kappa shape index (κ1) is 15.9. The molecule has 0 aromatic carbocycles. The molecule has 2 rings (SSSR count). The Morgan fingerprint density at radius 2 is 2.05 bits per heavy atom. The summed E-state index contributed by atoms with van der Waals surface area (Å²) >= 11 is 0. The molecule has 0 bridgehead atoms. The number of carbonyl (C=O) groups is 2. The summed E-state index contributed by atoms with van der Waals surface area (Å²) in [5, 5.41) is 3.79. The number of sulfonamides is 1. The number of amides is 2. The smallest absolute Gasteiger partial charge is 0.270 e. The van der Waals surface area contributed by atoms with Crippen molar-refractivity contribution >= 4 is 27.5 Å². The summed E-state index contributed by atoms with van der Waals surface area (Å²) in [4.78, 5) is 24.9. The summed E-state index contributed by atoms with van der Waals surface area (Å²) in [5.74, 6) is -0.297. The molecule has 2 amide bonds. The van der Waals surface area contributed by atoms with Crippen LogP contribution in [0.3, 0.4) is 0 Å². The number of piperidine rings is 1. The normalized spacial score (nSPS) is 20.9. The Balaban J connectivity index is 1.86. The Morgan fingerprint density at radius 1 is 1.38 bits per heavy atom. The molecule has 9 heteroatoms. The van der Waals surface area contributed by atoms with Gasteiger partial charge in [0.1, 0.15) is 5.71 Å². The van der Waals surface area contributed by atoms with E-state index in [-0.39, 0.29) is 30.0 Å². The predicted octanol–water partition coefficient (Wildman–Crippen LogP) is -0.817. The van der Waals surface area contributed by atoms with Gasteiger partial charge in [0, 0.05) is 32.0 Å². The zero-order valence-electron chi connectivity index (χ0n) is 12.0. The van der Waals surface area contributed by atoms with Crippen molar-refractivity contribution in [3.63, 3.8) is 0 Å². The molecule has 8 nitrogen and oxygen atoms in total. The lowest BCUT2D eigenvalue weighted by Gasteiger charge is -2.32. The van der Waals surface area contributed by atoms with E-state index in [9.17, 15) is 18.0 Å². The molecule has 0 aromatic heterocycles. The SMILES string of the molecule is CCS(=O)(=O)NC1CCN(C(=O)C2=NNC(=O)CC2)CC1. The maximum atomic E-state index is 12.2. The number of rotatable bonds is 4. The number of nitrogens with one attached hydrogen (secondary N) is 2. The van der Waals surface area contributed by atoms with Crippen LogP contribution >= 0.6 is 0 Å². The van der Waals surface area contributed by atoms with Gasteiger partial charge in [0.15, 0.2) is 0 Å². The molecular weight excluding hydrogens is 296 g/mol. The molecular formula is C12H20N4O4S. The fourth-order valence-electron chi connectivity index (χ4n) is 2.35. The number of hydrogen-bond acceptors (Lipinski definition) is 5. The van der Waals surface area contributed by atoms with E-state index in [1.165, 1.54) is 0 Å². The number of likely N-dealkylation sites (tertiary alicyclic amines) is 1. The van der Waals surface area contributed by atoms with Crippen LogP contribution in [0.2, 0.25) is 0 Å².